The molecule has 366 valence electrons. The van der Waals surface area contributed by atoms with Crippen molar-refractivity contribution in [3.8, 4) is 0 Å². The standard InChI is InChI=1S/C45H72O19/c1-19-8-13-44(57-18-19)21(3)45(56)28(64-44)15-43(55)25-7-6-22-14-23(9-11-41(22,4)24(25)10-12-42(43,45)5)59-40-37(63-38-34(53)32(51)29(48)20(2)58-38)36(31(50)27(17-47)61-40)62-39-35(54)33(52)30(49)26(16-46)60-39/h6,19-21,23-40,46-56H,7-18H2,1-5H3. The zero-order valence-corrected chi connectivity index (χ0v) is 37.4. The van der Waals surface area contributed by atoms with Crippen LogP contribution in [0.1, 0.15) is 92.4 Å². The van der Waals surface area contributed by atoms with Crippen LogP contribution < -0.4 is 0 Å². The van der Waals surface area contributed by atoms with Crippen LogP contribution in [-0.2, 0) is 37.9 Å². The number of hydrogen-bond acceptors (Lipinski definition) is 19. The van der Waals surface area contributed by atoms with Crippen molar-refractivity contribution in [3.05, 3.63) is 11.6 Å². The molecule has 19 heteroatoms. The fourth-order valence-electron chi connectivity index (χ4n) is 13.9. The Balaban J connectivity index is 0.960. The molecule has 26 atom stereocenters. The largest absolute Gasteiger partial charge is 0.394 e. The summed E-state index contributed by atoms with van der Waals surface area (Å²) in [5.74, 6) is -0.838. The predicted molar refractivity (Wildman–Crippen MR) is 217 cm³/mol. The van der Waals surface area contributed by atoms with Crippen molar-refractivity contribution in [1.82, 2.24) is 0 Å². The van der Waals surface area contributed by atoms with Crippen LogP contribution in [0.2, 0.25) is 0 Å². The second kappa shape index (κ2) is 17.1. The average molecular weight is 917 g/mol. The first-order valence-electron chi connectivity index (χ1n) is 23.5. The summed E-state index contributed by atoms with van der Waals surface area (Å²) in [5.41, 5.74) is -2.50. The highest BCUT2D eigenvalue weighted by molar-refractivity contribution is 5.33. The van der Waals surface area contributed by atoms with E-state index in [-0.39, 0.29) is 23.2 Å². The van der Waals surface area contributed by atoms with Gasteiger partial charge >= 0.3 is 0 Å². The van der Waals surface area contributed by atoms with Crippen LogP contribution in [0.15, 0.2) is 11.6 Å². The van der Waals surface area contributed by atoms with Gasteiger partial charge in [-0.05, 0) is 75.0 Å². The van der Waals surface area contributed by atoms with Crippen molar-refractivity contribution in [2.75, 3.05) is 19.8 Å². The topological polar surface area (TPSA) is 296 Å². The molecule has 0 aromatic carbocycles. The van der Waals surface area contributed by atoms with Crippen molar-refractivity contribution in [1.29, 1.82) is 0 Å². The molecule has 0 bridgehead atoms. The predicted octanol–water partition coefficient (Wildman–Crippen LogP) is -1.56. The van der Waals surface area contributed by atoms with Crippen molar-refractivity contribution in [3.63, 3.8) is 0 Å². The molecule has 5 aliphatic heterocycles. The first kappa shape index (κ1) is 48.0. The van der Waals surface area contributed by atoms with Gasteiger partial charge in [0, 0.05) is 24.2 Å². The molecule has 9 aliphatic rings. The maximum atomic E-state index is 13.0. The molecule has 0 radical (unpaired) electrons. The molecule has 0 amide bonds. The Labute approximate surface area is 373 Å². The summed E-state index contributed by atoms with van der Waals surface area (Å²) in [7, 11) is 0. The van der Waals surface area contributed by atoms with Gasteiger partial charge in [0.15, 0.2) is 24.7 Å². The normalized spacial score (nSPS) is 58.6. The highest BCUT2D eigenvalue weighted by Crippen LogP contribution is 2.73. The number of allylic oxidation sites excluding steroid dienone is 1. The third-order valence-electron chi connectivity index (χ3n) is 18.1. The number of aliphatic hydroxyl groups excluding tert-OH is 9. The molecule has 64 heavy (non-hydrogen) atoms. The fourth-order valence-corrected chi connectivity index (χ4v) is 13.9. The monoisotopic (exact) mass is 916 g/mol. The third-order valence-corrected chi connectivity index (χ3v) is 18.1. The van der Waals surface area contributed by atoms with Gasteiger partial charge in [0.05, 0.1) is 43.7 Å². The van der Waals surface area contributed by atoms with Gasteiger partial charge in [-0.1, -0.05) is 39.3 Å². The SMILES string of the molecule is CC1CCC2(OC1)OC1CC3(O)C4CC=C5CC(OC6OC(CO)C(O)C(OC7OC(CO)C(O)C(O)C7O)C6OC6OC(C)C(O)C(O)C6O)CCC5(C)C4CCC3(C)C1(O)C2C. The van der Waals surface area contributed by atoms with Gasteiger partial charge in [-0.3, -0.25) is 0 Å². The number of fused-ring (bicyclic) bond motifs is 7. The first-order chi connectivity index (χ1) is 30.2. The summed E-state index contributed by atoms with van der Waals surface area (Å²) < 4.78 is 49.7. The maximum absolute atomic E-state index is 13.0. The molecule has 5 saturated heterocycles. The van der Waals surface area contributed by atoms with E-state index in [1.807, 2.05) is 6.92 Å². The van der Waals surface area contributed by atoms with E-state index in [0.29, 0.717) is 57.5 Å². The number of rotatable bonds is 8. The zero-order chi connectivity index (χ0) is 46.1. The van der Waals surface area contributed by atoms with Crippen molar-refractivity contribution in [2.45, 2.75) is 214 Å². The Morgan fingerprint density at radius 3 is 1.98 bits per heavy atom. The Kier molecular flexibility index (Phi) is 12.9. The molecule has 3 saturated carbocycles. The number of hydrogen-bond donors (Lipinski definition) is 11. The molecular formula is C45H72O19. The van der Waals surface area contributed by atoms with Crippen LogP contribution >= 0.6 is 0 Å². The van der Waals surface area contributed by atoms with Crippen molar-refractivity contribution in [2.24, 2.45) is 34.5 Å². The summed E-state index contributed by atoms with van der Waals surface area (Å²) in [4.78, 5) is 0. The van der Waals surface area contributed by atoms with E-state index in [0.717, 1.165) is 18.4 Å². The molecule has 4 aliphatic carbocycles. The van der Waals surface area contributed by atoms with E-state index >= 15 is 0 Å². The molecule has 19 nitrogen and oxygen atoms in total. The Bertz CT molecular complexity index is 1710. The van der Waals surface area contributed by atoms with Crippen LogP contribution in [0.3, 0.4) is 0 Å². The summed E-state index contributed by atoms with van der Waals surface area (Å²) >= 11 is 0. The van der Waals surface area contributed by atoms with E-state index < -0.39 is 140 Å². The van der Waals surface area contributed by atoms with E-state index in [1.165, 1.54) is 6.92 Å². The molecule has 8 fully saturated rings. The Hall–Kier alpha value is -1.02. The molecule has 11 N–H and O–H groups in total. The van der Waals surface area contributed by atoms with Gasteiger partial charge in [-0.2, -0.15) is 0 Å². The first-order valence-corrected chi connectivity index (χ1v) is 23.5. The third kappa shape index (κ3) is 7.08. The van der Waals surface area contributed by atoms with Crippen LogP contribution in [0, 0.1) is 34.5 Å². The average Bonchev–Trinajstić information content (AvgIpc) is 3.58. The van der Waals surface area contributed by atoms with Gasteiger partial charge in [0.1, 0.15) is 72.7 Å². The summed E-state index contributed by atoms with van der Waals surface area (Å²) in [6.07, 6.45) is -17.1. The van der Waals surface area contributed by atoms with Crippen LogP contribution in [0.5, 0.6) is 0 Å². The maximum Gasteiger partial charge on any atom is 0.187 e. The minimum atomic E-state index is -1.88. The molecular weight excluding hydrogens is 844 g/mol. The lowest BCUT2D eigenvalue weighted by Gasteiger charge is -2.63. The molecule has 0 aromatic rings. The van der Waals surface area contributed by atoms with Crippen molar-refractivity contribution >= 4 is 0 Å². The van der Waals surface area contributed by atoms with Gasteiger partial charge in [0.25, 0.3) is 0 Å². The van der Waals surface area contributed by atoms with Crippen molar-refractivity contribution < 1.29 is 94.1 Å². The van der Waals surface area contributed by atoms with Crippen LogP contribution in [0.4, 0.5) is 0 Å². The highest BCUT2D eigenvalue weighted by Gasteiger charge is 2.81. The summed E-state index contributed by atoms with van der Waals surface area (Å²) in [6.45, 7) is 9.02. The number of aliphatic hydroxyl groups is 11. The quantitative estimate of drug-likeness (QED) is 0.123. The van der Waals surface area contributed by atoms with Gasteiger partial charge in [-0.15, -0.1) is 0 Å². The van der Waals surface area contributed by atoms with Gasteiger partial charge in [-0.25, -0.2) is 0 Å². The molecule has 0 aromatic heterocycles. The van der Waals surface area contributed by atoms with E-state index in [9.17, 15) is 56.2 Å². The highest BCUT2D eigenvalue weighted by atomic mass is 16.8. The molecule has 1 spiro atoms. The Morgan fingerprint density at radius 1 is 0.672 bits per heavy atom. The minimum absolute atomic E-state index is 0.0888. The smallest absolute Gasteiger partial charge is 0.187 e. The fraction of sp³-hybridized carbons (Fsp3) is 0.956. The van der Waals surface area contributed by atoms with Gasteiger partial charge in [0.2, 0.25) is 0 Å². The van der Waals surface area contributed by atoms with E-state index in [1.54, 1.807) is 0 Å². The van der Waals surface area contributed by atoms with E-state index in [4.69, 9.17) is 37.9 Å². The zero-order valence-electron chi connectivity index (χ0n) is 37.4. The second-order valence-corrected chi connectivity index (χ2v) is 21.3. The van der Waals surface area contributed by atoms with Gasteiger partial charge < -0.3 is 94.1 Å². The summed E-state index contributed by atoms with van der Waals surface area (Å²) in [5, 5.41) is 122. The lowest BCUT2D eigenvalue weighted by molar-refractivity contribution is -0.394. The lowest BCUT2D eigenvalue weighted by atomic mass is 9.44. The van der Waals surface area contributed by atoms with Crippen LogP contribution in [-0.4, -0.2) is 197 Å². The lowest BCUT2D eigenvalue weighted by Crippen LogP contribution is -2.67. The molecule has 5 heterocycles. The second-order valence-electron chi connectivity index (χ2n) is 21.3. The molecule has 26 unspecified atom stereocenters. The van der Waals surface area contributed by atoms with Crippen LogP contribution in [0.25, 0.3) is 0 Å². The number of ether oxygens (including phenoxy) is 8. The summed E-state index contributed by atoms with van der Waals surface area (Å²) in [6, 6.07) is 0. The molecule has 9 rings (SSSR count). The van der Waals surface area contributed by atoms with E-state index in [2.05, 4.69) is 26.8 Å². The minimum Gasteiger partial charge on any atom is -0.394 e. The Morgan fingerprint density at radius 2 is 1.31 bits per heavy atom.